The number of amides is 1. The third-order valence-electron chi connectivity index (χ3n) is 3.86. The lowest BCUT2D eigenvalue weighted by molar-refractivity contribution is -0.120. The molecule has 0 saturated heterocycles. The van der Waals surface area contributed by atoms with E-state index in [1.54, 1.807) is 0 Å². The van der Waals surface area contributed by atoms with Gasteiger partial charge < -0.3 is 10.1 Å². The van der Waals surface area contributed by atoms with Gasteiger partial charge in [0.15, 0.2) is 0 Å². The van der Waals surface area contributed by atoms with Crippen LogP contribution >= 0.6 is 11.6 Å². The zero-order chi connectivity index (χ0) is 14.9. The van der Waals surface area contributed by atoms with Crippen molar-refractivity contribution in [3.05, 3.63) is 34.9 Å². The van der Waals surface area contributed by atoms with Gasteiger partial charge >= 0.3 is 0 Å². The molecule has 4 heteroatoms. The first-order valence-electron chi connectivity index (χ1n) is 7.87. The minimum absolute atomic E-state index is 0.0146. The van der Waals surface area contributed by atoms with Crippen molar-refractivity contribution in [1.29, 1.82) is 0 Å². The predicted molar refractivity (Wildman–Crippen MR) is 85.6 cm³/mol. The molecule has 0 heterocycles. The summed E-state index contributed by atoms with van der Waals surface area (Å²) < 4.78 is 5.83. The molecule has 116 valence electrons. The Kier molecular flexibility index (Phi) is 7.04. The Hall–Kier alpha value is -1.06. The summed E-state index contributed by atoms with van der Waals surface area (Å²) in [4.78, 5) is 11.8. The number of hydrogen-bond donors (Lipinski definition) is 1. The van der Waals surface area contributed by atoms with Gasteiger partial charge in [0.2, 0.25) is 5.91 Å². The SMILES string of the molecule is O=C(Cc1ccccc1Cl)NCCCOC1CCCCC1. The summed E-state index contributed by atoms with van der Waals surface area (Å²) in [5.74, 6) is 0.0146. The maximum absolute atomic E-state index is 11.8. The molecule has 0 atom stereocenters. The summed E-state index contributed by atoms with van der Waals surface area (Å²) in [7, 11) is 0. The van der Waals surface area contributed by atoms with Crippen LogP contribution in [0.25, 0.3) is 0 Å². The summed E-state index contributed by atoms with van der Waals surface area (Å²) in [6, 6.07) is 7.45. The van der Waals surface area contributed by atoms with Crippen molar-refractivity contribution in [1.82, 2.24) is 5.32 Å². The van der Waals surface area contributed by atoms with Gasteiger partial charge in [0, 0.05) is 18.2 Å². The van der Waals surface area contributed by atoms with E-state index in [9.17, 15) is 4.79 Å². The molecule has 1 aromatic rings. The topological polar surface area (TPSA) is 38.3 Å². The fraction of sp³-hybridized carbons (Fsp3) is 0.588. The lowest BCUT2D eigenvalue weighted by Gasteiger charge is -2.21. The van der Waals surface area contributed by atoms with Crippen LogP contribution in [0.2, 0.25) is 5.02 Å². The van der Waals surface area contributed by atoms with Gasteiger partial charge in [-0.15, -0.1) is 0 Å². The fourth-order valence-corrected chi connectivity index (χ4v) is 2.86. The number of hydrogen-bond acceptors (Lipinski definition) is 2. The molecule has 1 amide bonds. The molecular formula is C17H24ClNO2. The van der Waals surface area contributed by atoms with Gasteiger partial charge in [-0.25, -0.2) is 0 Å². The standard InChI is InChI=1S/C17H24ClNO2/c18-16-10-5-4-7-14(16)13-17(20)19-11-6-12-21-15-8-2-1-3-9-15/h4-5,7,10,15H,1-3,6,8-9,11-13H2,(H,19,20). The molecule has 0 bridgehead atoms. The van der Waals surface area contributed by atoms with Crippen molar-refractivity contribution >= 4 is 17.5 Å². The molecule has 3 nitrogen and oxygen atoms in total. The quantitative estimate of drug-likeness (QED) is 0.779. The highest BCUT2D eigenvalue weighted by molar-refractivity contribution is 6.31. The predicted octanol–water partition coefficient (Wildman–Crippen LogP) is 3.74. The minimum atomic E-state index is 0.0146. The van der Waals surface area contributed by atoms with Crippen LogP contribution in [0.3, 0.4) is 0 Å². The van der Waals surface area contributed by atoms with Gasteiger partial charge in [0.25, 0.3) is 0 Å². The summed E-state index contributed by atoms with van der Waals surface area (Å²) in [5.41, 5.74) is 0.870. The molecule has 0 spiro atoms. The summed E-state index contributed by atoms with van der Waals surface area (Å²) in [6.07, 6.45) is 7.96. The lowest BCUT2D eigenvalue weighted by atomic mass is 9.98. The third-order valence-corrected chi connectivity index (χ3v) is 4.23. The molecule has 1 aliphatic rings. The molecule has 21 heavy (non-hydrogen) atoms. The Balaban J connectivity index is 1.56. The van der Waals surface area contributed by atoms with Crippen molar-refractivity contribution in [2.24, 2.45) is 0 Å². The Morgan fingerprint density at radius 3 is 2.76 bits per heavy atom. The van der Waals surface area contributed by atoms with Crippen LogP contribution in [-0.4, -0.2) is 25.2 Å². The van der Waals surface area contributed by atoms with Crippen LogP contribution in [0.15, 0.2) is 24.3 Å². The molecule has 0 aromatic heterocycles. The van der Waals surface area contributed by atoms with Crippen LogP contribution in [0.1, 0.15) is 44.1 Å². The van der Waals surface area contributed by atoms with Crippen molar-refractivity contribution in [2.75, 3.05) is 13.2 Å². The van der Waals surface area contributed by atoms with Crippen LogP contribution < -0.4 is 5.32 Å². The van der Waals surface area contributed by atoms with E-state index in [1.165, 1.54) is 32.1 Å². The first-order valence-corrected chi connectivity index (χ1v) is 8.25. The first-order chi connectivity index (χ1) is 10.3. The summed E-state index contributed by atoms with van der Waals surface area (Å²) in [6.45, 7) is 1.40. The highest BCUT2D eigenvalue weighted by Gasteiger charge is 2.13. The average molecular weight is 310 g/mol. The van der Waals surface area contributed by atoms with Crippen molar-refractivity contribution < 1.29 is 9.53 Å². The normalized spacial score (nSPS) is 15.9. The summed E-state index contributed by atoms with van der Waals surface area (Å²) >= 11 is 6.04. The number of carbonyl (C=O) groups excluding carboxylic acids is 1. The molecule has 1 fully saturated rings. The van der Waals surface area contributed by atoms with E-state index < -0.39 is 0 Å². The van der Waals surface area contributed by atoms with Crippen LogP contribution in [0.4, 0.5) is 0 Å². The number of carbonyl (C=O) groups is 1. The van der Waals surface area contributed by atoms with E-state index in [0.717, 1.165) is 18.6 Å². The molecular weight excluding hydrogens is 286 g/mol. The van der Waals surface area contributed by atoms with E-state index in [4.69, 9.17) is 16.3 Å². The number of rotatable bonds is 7. The molecule has 1 aliphatic carbocycles. The smallest absolute Gasteiger partial charge is 0.224 e. The number of ether oxygens (including phenoxy) is 1. The second kappa shape index (κ2) is 9.06. The zero-order valence-electron chi connectivity index (χ0n) is 12.4. The maximum Gasteiger partial charge on any atom is 0.224 e. The van der Waals surface area contributed by atoms with Gasteiger partial charge in [-0.3, -0.25) is 4.79 Å². The van der Waals surface area contributed by atoms with Crippen molar-refractivity contribution in [3.8, 4) is 0 Å². The molecule has 1 aromatic carbocycles. The number of nitrogens with one attached hydrogen (secondary N) is 1. The summed E-state index contributed by atoms with van der Waals surface area (Å²) in [5, 5.41) is 3.57. The second-order valence-corrected chi connectivity index (χ2v) is 6.01. The van der Waals surface area contributed by atoms with Crippen LogP contribution in [0.5, 0.6) is 0 Å². The third kappa shape index (κ3) is 6.06. The molecule has 1 saturated carbocycles. The number of halogens is 1. The monoisotopic (exact) mass is 309 g/mol. The van der Waals surface area contributed by atoms with Gasteiger partial charge in [0.05, 0.1) is 12.5 Å². The second-order valence-electron chi connectivity index (χ2n) is 5.60. The van der Waals surface area contributed by atoms with E-state index in [2.05, 4.69) is 5.32 Å². The lowest BCUT2D eigenvalue weighted by Crippen LogP contribution is -2.27. The van der Waals surface area contributed by atoms with E-state index in [1.807, 2.05) is 24.3 Å². The fourth-order valence-electron chi connectivity index (χ4n) is 2.66. The van der Waals surface area contributed by atoms with E-state index in [0.29, 0.717) is 24.1 Å². The first kappa shape index (κ1) is 16.3. The van der Waals surface area contributed by atoms with Crippen molar-refractivity contribution in [3.63, 3.8) is 0 Å². The van der Waals surface area contributed by atoms with Crippen molar-refractivity contribution in [2.45, 2.75) is 51.0 Å². The molecule has 0 radical (unpaired) electrons. The van der Waals surface area contributed by atoms with Gasteiger partial charge in [-0.1, -0.05) is 49.1 Å². The van der Waals surface area contributed by atoms with Crippen LogP contribution in [0, 0.1) is 0 Å². The highest BCUT2D eigenvalue weighted by Crippen LogP contribution is 2.20. The molecule has 0 aliphatic heterocycles. The Labute approximate surface area is 132 Å². The number of benzene rings is 1. The Morgan fingerprint density at radius 1 is 1.24 bits per heavy atom. The maximum atomic E-state index is 11.8. The Morgan fingerprint density at radius 2 is 2.00 bits per heavy atom. The average Bonchev–Trinajstić information content (AvgIpc) is 2.50. The molecule has 0 unspecified atom stereocenters. The highest BCUT2D eigenvalue weighted by atomic mass is 35.5. The van der Waals surface area contributed by atoms with Gasteiger partial charge in [-0.05, 0) is 30.9 Å². The zero-order valence-corrected chi connectivity index (χ0v) is 13.2. The Bertz CT molecular complexity index is 444. The largest absolute Gasteiger partial charge is 0.378 e. The molecule has 1 N–H and O–H groups in total. The minimum Gasteiger partial charge on any atom is -0.378 e. The van der Waals surface area contributed by atoms with Gasteiger partial charge in [0.1, 0.15) is 0 Å². The molecule has 2 rings (SSSR count). The van der Waals surface area contributed by atoms with Gasteiger partial charge in [-0.2, -0.15) is 0 Å². The van der Waals surface area contributed by atoms with E-state index >= 15 is 0 Å². The van der Waals surface area contributed by atoms with E-state index in [-0.39, 0.29) is 5.91 Å². The van der Waals surface area contributed by atoms with Crippen LogP contribution in [-0.2, 0) is 16.0 Å².